The van der Waals surface area contributed by atoms with E-state index in [9.17, 15) is 27.9 Å². The molecule has 10 heteroatoms. The van der Waals surface area contributed by atoms with Gasteiger partial charge in [-0.25, -0.2) is 4.79 Å². The van der Waals surface area contributed by atoms with Gasteiger partial charge in [0.15, 0.2) is 5.56 Å². The van der Waals surface area contributed by atoms with E-state index in [1.807, 2.05) is 36.4 Å². The average Bonchev–Trinajstić information content (AvgIpc) is 2.85. The number of aromatic hydroxyl groups is 1. The maximum absolute atomic E-state index is 12.5. The van der Waals surface area contributed by atoms with Crippen LogP contribution in [0.25, 0.3) is 33.1 Å². The van der Waals surface area contributed by atoms with Crippen molar-refractivity contribution in [2.75, 3.05) is 0 Å². The Kier molecular flexibility index (Phi) is 8.53. The van der Waals surface area contributed by atoms with E-state index in [2.05, 4.69) is 9.97 Å². The van der Waals surface area contributed by atoms with Crippen molar-refractivity contribution in [3.63, 3.8) is 0 Å². The Bertz CT molecular complexity index is 1500. The third-order valence-corrected chi connectivity index (χ3v) is 4.85. The molecule has 0 saturated carbocycles. The number of carbonyl (C=O) groups is 1. The number of fused-ring (bicyclic) bond motifs is 3. The average molecular weight is 616 g/mol. The number of benzene rings is 2. The van der Waals surface area contributed by atoms with Crippen LogP contribution in [0, 0.1) is 49.4 Å². The van der Waals surface area contributed by atoms with E-state index < -0.39 is 28.9 Å². The Morgan fingerprint density at radius 2 is 1.37 bits per heavy atom. The molecule has 5 rings (SSSR count). The number of hydrogen-bond donors (Lipinski definition) is 1. The molecular weight excluding hydrogens is 601 g/mol. The molecule has 0 aliphatic carbocycles. The van der Waals surface area contributed by atoms with Crippen molar-refractivity contribution in [3.8, 4) is 17.1 Å². The minimum Gasteiger partial charge on any atom is -0.506 e. The molecule has 5 aromatic rings. The summed E-state index contributed by atoms with van der Waals surface area (Å²) in [5.41, 5.74) is -1.17. The first kappa shape index (κ1) is 26.7. The van der Waals surface area contributed by atoms with Gasteiger partial charge >= 0.3 is 11.8 Å². The van der Waals surface area contributed by atoms with E-state index in [-0.39, 0.29) is 60.3 Å². The molecule has 0 atom stereocenters. The van der Waals surface area contributed by atoms with Crippen molar-refractivity contribution in [2.24, 2.45) is 0 Å². The molecule has 0 aliphatic rings. The fraction of sp³-hybridized carbons (Fsp3) is 0.0400. The fourth-order valence-electron chi connectivity index (χ4n) is 3.29. The number of halogens is 3. The first-order valence-corrected chi connectivity index (χ1v) is 9.89. The summed E-state index contributed by atoms with van der Waals surface area (Å²) in [6.45, 7) is 0. The van der Waals surface area contributed by atoms with E-state index in [0.717, 1.165) is 11.4 Å². The van der Waals surface area contributed by atoms with Gasteiger partial charge in [0.2, 0.25) is 0 Å². The summed E-state index contributed by atoms with van der Waals surface area (Å²) >= 11 is 0. The number of hydrogen-bond acceptors (Lipinski definition) is 6. The molecule has 0 amide bonds. The zero-order chi connectivity index (χ0) is 24.3. The Morgan fingerprint density at radius 3 is 1.91 bits per heavy atom. The fourth-order valence-corrected chi connectivity index (χ4v) is 3.29. The zero-order valence-electron chi connectivity index (χ0n) is 17.7. The summed E-state index contributed by atoms with van der Waals surface area (Å²) in [6.07, 6.45) is -1.75. The van der Waals surface area contributed by atoms with Crippen LogP contribution in [0.4, 0.5) is 13.2 Å². The first-order valence-electron chi connectivity index (χ1n) is 9.89. The monoisotopic (exact) mass is 617 g/mol. The van der Waals surface area contributed by atoms with Crippen molar-refractivity contribution in [3.05, 3.63) is 101 Å². The van der Waals surface area contributed by atoms with Crippen LogP contribution in [0.3, 0.4) is 0 Å². The van der Waals surface area contributed by atoms with E-state index in [4.69, 9.17) is 4.42 Å². The maximum atomic E-state index is 12.5. The zero-order valence-corrected chi connectivity index (χ0v) is 20.1. The number of alkyl halides is 3. The summed E-state index contributed by atoms with van der Waals surface area (Å²) in [4.78, 5) is 31.4. The van der Waals surface area contributed by atoms with Gasteiger partial charge in [0.25, 0.3) is 5.78 Å². The second kappa shape index (κ2) is 11.2. The predicted octanol–water partition coefficient (Wildman–Crippen LogP) is 5.54. The number of aromatic nitrogens is 2. The summed E-state index contributed by atoms with van der Waals surface area (Å²) < 4.78 is 42.4. The van der Waals surface area contributed by atoms with Gasteiger partial charge in [-0.15, -0.1) is 0 Å². The summed E-state index contributed by atoms with van der Waals surface area (Å²) in [5.74, 6) is -3.46. The molecule has 1 radical (unpaired) electrons. The molecule has 0 spiro atoms. The normalized spacial score (nSPS) is 10.8. The van der Waals surface area contributed by atoms with Crippen LogP contribution in [0.2, 0.25) is 0 Å². The molecule has 0 bridgehead atoms. The minimum atomic E-state index is -5.28. The molecule has 0 aliphatic heterocycles. The Morgan fingerprint density at radius 1 is 0.800 bits per heavy atom. The molecule has 3 heterocycles. The Balaban J connectivity index is 0.000000223. The molecule has 3 aromatic heterocycles. The van der Waals surface area contributed by atoms with E-state index in [1.54, 1.807) is 42.7 Å². The van der Waals surface area contributed by atoms with E-state index in [0.29, 0.717) is 10.8 Å². The van der Waals surface area contributed by atoms with Crippen molar-refractivity contribution >= 4 is 27.5 Å². The van der Waals surface area contributed by atoms with Gasteiger partial charge in [0.05, 0.1) is 16.8 Å². The van der Waals surface area contributed by atoms with Crippen molar-refractivity contribution in [2.45, 2.75) is 6.18 Å². The summed E-state index contributed by atoms with van der Waals surface area (Å²) in [7, 11) is 0. The molecule has 1 N–H and O–H groups in total. The first-order chi connectivity index (χ1) is 16.3. The predicted molar refractivity (Wildman–Crippen MR) is 120 cm³/mol. The smallest absolute Gasteiger partial charge is 0.455 e. The number of nitrogens with zero attached hydrogens (tertiary/aromatic N) is 2. The molecule has 35 heavy (non-hydrogen) atoms. The van der Waals surface area contributed by atoms with E-state index in [1.165, 1.54) is 6.07 Å². The number of ketones is 1. The molecule has 177 valence electrons. The molecule has 0 fully saturated rings. The molecule has 2 aromatic carbocycles. The van der Waals surface area contributed by atoms with Crippen molar-refractivity contribution in [1.82, 2.24) is 9.97 Å². The quantitative estimate of drug-likeness (QED) is 0.159. The molecule has 0 unspecified atom stereocenters. The van der Waals surface area contributed by atoms with E-state index >= 15 is 0 Å². The van der Waals surface area contributed by atoms with Gasteiger partial charge in [-0.1, -0.05) is 42.5 Å². The van der Waals surface area contributed by atoms with Crippen LogP contribution < -0.4 is 5.63 Å². The standard InChI is InChI=1S/C15H7F3O4.C10H8N2.Eu/c16-15(17,18)13(20)10-11(19)9-6-5-7-3-1-2-4-8(7)12(9)22-14(10)21;1-3-7-11-9(5-1)10-6-2-4-8-12-10;/h1-6,19H;1-8H;. The summed E-state index contributed by atoms with van der Waals surface area (Å²) in [6, 6.07) is 21.1. The third kappa shape index (κ3) is 5.83. The van der Waals surface area contributed by atoms with Crippen LogP contribution in [0.15, 0.2) is 94.4 Å². The van der Waals surface area contributed by atoms with Gasteiger partial charge in [-0.3, -0.25) is 14.8 Å². The SMILES string of the molecule is O=C(c1c(O)c2ccc3ccccc3c2oc1=O)C(F)(F)F.[Eu].c1ccc(-c2ccccn2)nc1. The number of carbonyl (C=O) groups excluding carboxylic acids is 1. The van der Waals surface area contributed by atoms with Crippen LogP contribution in [-0.2, 0) is 0 Å². The number of Topliss-reactive ketones (excluding diaryl/α,β-unsaturated/α-hetero) is 1. The molecule has 6 nitrogen and oxygen atoms in total. The van der Waals surface area contributed by atoms with Gasteiger partial charge in [-0.2, -0.15) is 13.2 Å². The second-order valence-corrected chi connectivity index (χ2v) is 7.03. The third-order valence-electron chi connectivity index (χ3n) is 4.85. The largest absolute Gasteiger partial charge is 0.506 e. The molecular formula is C25H15EuF3N2O4. The number of pyridine rings is 2. The topological polar surface area (TPSA) is 93.3 Å². The number of rotatable bonds is 2. The van der Waals surface area contributed by atoms with Crippen LogP contribution in [-0.4, -0.2) is 27.0 Å². The van der Waals surface area contributed by atoms with Crippen LogP contribution in [0.1, 0.15) is 10.4 Å². The van der Waals surface area contributed by atoms with Gasteiger partial charge in [0, 0.05) is 67.2 Å². The Hall–Kier alpha value is -2.95. The summed E-state index contributed by atoms with van der Waals surface area (Å²) in [5, 5.41) is 10.9. The minimum absolute atomic E-state index is 0. The maximum Gasteiger partial charge on any atom is 0.455 e. The molecule has 0 saturated heterocycles. The van der Waals surface area contributed by atoms with Crippen molar-refractivity contribution < 1.29 is 76.9 Å². The van der Waals surface area contributed by atoms with Crippen LogP contribution in [0.5, 0.6) is 5.75 Å². The Labute approximate surface area is 237 Å². The van der Waals surface area contributed by atoms with Gasteiger partial charge in [-0.05, 0) is 35.7 Å². The second-order valence-electron chi connectivity index (χ2n) is 7.03. The van der Waals surface area contributed by atoms with Crippen LogP contribution >= 0.6 is 0 Å². The van der Waals surface area contributed by atoms with Gasteiger partial charge < -0.3 is 9.52 Å². The van der Waals surface area contributed by atoms with Crippen molar-refractivity contribution in [1.29, 1.82) is 0 Å². The van der Waals surface area contributed by atoms with Gasteiger partial charge in [0.1, 0.15) is 11.3 Å².